The Balaban J connectivity index is 1.98. The number of esters is 1. The van der Waals surface area contributed by atoms with Gasteiger partial charge >= 0.3 is 11.9 Å². The first-order valence-corrected chi connectivity index (χ1v) is 8.21. The highest BCUT2D eigenvalue weighted by Gasteiger charge is 2.14. The Kier molecular flexibility index (Phi) is 6.69. The summed E-state index contributed by atoms with van der Waals surface area (Å²) in [5.74, 6) is -1.79. The molecular weight excluding hydrogens is 366 g/mol. The molecule has 28 heavy (non-hydrogen) atoms. The van der Waals surface area contributed by atoms with E-state index in [9.17, 15) is 14.4 Å². The van der Waals surface area contributed by atoms with Crippen LogP contribution in [0.2, 0.25) is 0 Å². The van der Waals surface area contributed by atoms with E-state index in [2.05, 4.69) is 5.32 Å². The number of nitrogen functional groups attached to an aromatic ring is 1. The average molecular weight is 385 g/mol. The van der Waals surface area contributed by atoms with Gasteiger partial charge in [0.15, 0.2) is 0 Å². The number of furan rings is 1. The zero-order valence-corrected chi connectivity index (χ0v) is 15.0. The molecule has 0 spiro atoms. The molecule has 0 bridgehead atoms. The van der Waals surface area contributed by atoms with Gasteiger partial charge in [-0.2, -0.15) is 0 Å². The van der Waals surface area contributed by atoms with Crippen molar-refractivity contribution >= 4 is 29.8 Å². The van der Waals surface area contributed by atoms with Crippen LogP contribution in [0.1, 0.15) is 35.2 Å². The highest BCUT2D eigenvalue weighted by molar-refractivity contribution is 5.97. The van der Waals surface area contributed by atoms with Crippen LogP contribution < -0.4 is 15.8 Å². The van der Waals surface area contributed by atoms with Gasteiger partial charge in [0.2, 0.25) is 11.7 Å². The molecule has 0 aliphatic heterocycles. The van der Waals surface area contributed by atoms with Gasteiger partial charge in [0.05, 0.1) is 6.42 Å². The number of nitrogens with two attached hydrogens (primary N) is 1. The summed E-state index contributed by atoms with van der Waals surface area (Å²) < 4.78 is 10.5. The Labute approximate surface area is 160 Å². The molecule has 0 fully saturated rings. The maximum atomic E-state index is 12.1. The lowest BCUT2D eigenvalue weighted by Crippen LogP contribution is -2.26. The van der Waals surface area contributed by atoms with Crippen molar-refractivity contribution < 1.29 is 28.6 Å². The maximum Gasteiger partial charge on any atom is 0.379 e. The summed E-state index contributed by atoms with van der Waals surface area (Å²) in [6.45, 7) is 1.55. The molecule has 0 atom stereocenters. The molecule has 5 N–H and O–H groups in total. The minimum atomic E-state index is -1.01. The molecule has 1 heterocycles. The van der Waals surface area contributed by atoms with Crippen molar-refractivity contribution in [2.75, 3.05) is 6.54 Å². The topological polar surface area (TPSA) is 156 Å². The Morgan fingerprint density at radius 1 is 1.21 bits per heavy atom. The van der Waals surface area contributed by atoms with E-state index in [1.807, 2.05) is 0 Å². The molecule has 146 valence electrons. The van der Waals surface area contributed by atoms with Crippen LogP contribution in [0.3, 0.4) is 0 Å². The summed E-state index contributed by atoms with van der Waals surface area (Å²) >= 11 is 0. The molecule has 9 nitrogen and oxygen atoms in total. The van der Waals surface area contributed by atoms with E-state index in [1.165, 1.54) is 37.3 Å². The fourth-order valence-corrected chi connectivity index (χ4v) is 2.10. The zero-order chi connectivity index (χ0) is 20.7. The number of nitrogens with one attached hydrogen (secondary N) is 2. The molecule has 1 amide bonds. The molecular formula is C19H19N3O6. The van der Waals surface area contributed by atoms with Crippen molar-refractivity contribution in [2.45, 2.75) is 13.3 Å². The number of carbonyl (C=O) groups is 3. The second-order valence-electron chi connectivity index (χ2n) is 5.76. The number of carbonyl (C=O) groups excluding carboxylic acids is 2. The number of hydrogen-bond donors (Lipinski definition) is 4. The van der Waals surface area contributed by atoms with E-state index in [0.29, 0.717) is 11.1 Å². The highest BCUT2D eigenvalue weighted by Crippen LogP contribution is 2.17. The van der Waals surface area contributed by atoms with Gasteiger partial charge in [-0.3, -0.25) is 15.0 Å². The zero-order valence-electron chi connectivity index (χ0n) is 15.0. The molecule has 1 aromatic heterocycles. The first kappa shape index (κ1) is 20.4. The van der Waals surface area contributed by atoms with E-state index in [1.54, 1.807) is 12.1 Å². The van der Waals surface area contributed by atoms with Crippen molar-refractivity contribution in [3.63, 3.8) is 0 Å². The minimum Gasteiger partial charge on any atom is -0.481 e. The molecule has 0 saturated carbocycles. The fraction of sp³-hybridized carbons (Fsp3) is 0.158. The lowest BCUT2D eigenvalue weighted by molar-refractivity contribution is -0.136. The number of carboxylic acid groups (broad SMARTS) is 1. The van der Waals surface area contributed by atoms with E-state index in [0.717, 1.165) is 0 Å². The molecule has 0 aliphatic carbocycles. The lowest BCUT2D eigenvalue weighted by Gasteiger charge is -2.04. The number of benzene rings is 1. The van der Waals surface area contributed by atoms with Crippen molar-refractivity contribution in [3.05, 3.63) is 59.1 Å². The molecule has 0 aliphatic rings. The first-order valence-electron chi connectivity index (χ1n) is 8.21. The van der Waals surface area contributed by atoms with E-state index in [-0.39, 0.29) is 36.1 Å². The van der Waals surface area contributed by atoms with Gasteiger partial charge in [0, 0.05) is 17.7 Å². The highest BCUT2D eigenvalue weighted by atomic mass is 16.5. The van der Waals surface area contributed by atoms with Crippen LogP contribution in [-0.2, 0) is 9.59 Å². The quantitative estimate of drug-likeness (QED) is 0.177. The predicted octanol–water partition coefficient (Wildman–Crippen LogP) is 1.78. The molecule has 1 aromatic carbocycles. The summed E-state index contributed by atoms with van der Waals surface area (Å²) in [7, 11) is 0. The van der Waals surface area contributed by atoms with Crippen molar-refractivity contribution in [2.24, 2.45) is 5.73 Å². The average Bonchev–Trinajstić information content (AvgIpc) is 3.10. The second-order valence-corrected chi connectivity index (χ2v) is 5.76. The third-order valence-electron chi connectivity index (χ3n) is 3.55. The first-order chi connectivity index (χ1) is 13.3. The van der Waals surface area contributed by atoms with Gasteiger partial charge in [-0.05, 0) is 49.4 Å². The molecule has 0 unspecified atom stereocenters. The fourth-order valence-electron chi connectivity index (χ4n) is 2.10. The van der Waals surface area contributed by atoms with Gasteiger partial charge in [0.25, 0.3) is 0 Å². The van der Waals surface area contributed by atoms with Crippen LogP contribution >= 0.6 is 0 Å². The van der Waals surface area contributed by atoms with Crippen LogP contribution in [0.15, 0.2) is 46.4 Å². The van der Waals surface area contributed by atoms with Gasteiger partial charge in [-0.1, -0.05) is 0 Å². The molecule has 9 heteroatoms. The van der Waals surface area contributed by atoms with Crippen LogP contribution in [-0.4, -0.2) is 35.3 Å². The van der Waals surface area contributed by atoms with Crippen molar-refractivity contribution in [1.82, 2.24) is 5.32 Å². The minimum absolute atomic E-state index is 0.0114. The second kappa shape index (κ2) is 9.17. The van der Waals surface area contributed by atoms with Gasteiger partial charge < -0.3 is 25.3 Å². The molecule has 0 radical (unpaired) electrons. The van der Waals surface area contributed by atoms with E-state index in [4.69, 9.17) is 25.4 Å². The smallest absolute Gasteiger partial charge is 0.379 e. The molecule has 2 aromatic rings. The third kappa shape index (κ3) is 5.84. The van der Waals surface area contributed by atoms with Gasteiger partial charge in [-0.25, -0.2) is 4.79 Å². The van der Waals surface area contributed by atoms with E-state index < -0.39 is 17.8 Å². The van der Waals surface area contributed by atoms with Crippen molar-refractivity contribution in [1.29, 1.82) is 5.41 Å². The SMILES string of the molecule is CC(=Cc1ccc(C(=O)Oc2ccc(C(=N)N)cc2)o1)C(=O)NCCC(=O)O. The number of aliphatic carboxylic acids is 1. The maximum absolute atomic E-state index is 12.1. The summed E-state index contributed by atoms with van der Waals surface area (Å²) in [6.07, 6.45) is 1.25. The Morgan fingerprint density at radius 2 is 1.89 bits per heavy atom. The predicted molar refractivity (Wildman–Crippen MR) is 100 cm³/mol. The standard InChI is InChI=1S/C19H19N3O6/c1-11(18(25)22-9-8-16(23)24)10-14-6-7-15(27-14)19(26)28-13-4-2-12(3-5-13)17(20)21/h2-7,10H,8-9H2,1H3,(H3,20,21)(H,22,25)(H,23,24). The van der Waals surface area contributed by atoms with E-state index >= 15 is 0 Å². The summed E-state index contributed by atoms with van der Waals surface area (Å²) in [5.41, 5.74) is 6.15. The number of ether oxygens (including phenoxy) is 1. The third-order valence-corrected chi connectivity index (χ3v) is 3.55. The Morgan fingerprint density at radius 3 is 2.50 bits per heavy atom. The summed E-state index contributed by atoms with van der Waals surface area (Å²) in [4.78, 5) is 34.4. The summed E-state index contributed by atoms with van der Waals surface area (Å²) in [5, 5.41) is 18.3. The number of rotatable bonds is 8. The summed E-state index contributed by atoms with van der Waals surface area (Å²) in [6, 6.07) is 9.02. The number of carboxylic acids is 1. The van der Waals surface area contributed by atoms with Crippen LogP contribution in [0.5, 0.6) is 5.75 Å². The largest absolute Gasteiger partial charge is 0.481 e. The Hall–Kier alpha value is -3.88. The molecule has 0 saturated heterocycles. The number of hydrogen-bond acceptors (Lipinski definition) is 6. The normalized spacial score (nSPS) is 11.0. The van der Waals surface area contributed by atoms with Crippen LogP contribution in [0, 0.1) is 5.41 Å². The van der Waals surface area contributed by atoms with Crippen LogP contribution in [0.25, 0.3) is 6.08 Å². The molecule has 2 rings (SSSR count). The monoisotopic (exact) mass is 385 g/mol. The van der Waals surface area contributed by atoms with Gasteiger partial charge in [0.1, 0.15) is 17.3 Å². The number of amidine groups is 1. The van der Waals surface area contributed by atoms with Crippen molar-refractivity contribution in [3.8, 4) is 5.75 Å². The van der Waals surface area contributed by atoms with Gasteiger partial charge in [-0.15, -0.1) is 0 Å². The lowest BCUT2D eigenvalue weighted by atomic mass is 10.2. The van der Waals surface area contributed by atoms with Crippen LogP contribution in [0.4, 0.5) is 0 Å². The Bertz CT molecular complexity index is 927. The number of amides is 1.